The van der Waals surface area contributed by atoms with E-state index in [4.69, 9.17) is 0 Å². The molecule has 1 nitrogen and oxygen atoms in total. The number of hydrogen-bond donors (Lipinski definition) is 0. The molecule has 0 fully saturated rings. The molecule has 0 saturated heterocycles. The number of hydrogen-bond acceptors (Lipinski definition) is 0. The zero-order chi connectivity index (χ0) is 0. The number of rotatable bonds is 0. The van der Waals surface area contributed by atoms with Gasteiger partial charge in [0.15, 0.2) is 0 Å². The molecular formula is Ge2OSi. The van der Waals surface area contributed by atoms with Crippen LogP contribution in [0.15, 0.2) is 0 Å². The van der Waals surface area contributed by atoms with Crippen LogP contribution in [0, 0.1) is 0 Å². The first-order chi connectivity index (χ1) is 0. The standard InChI is InChI=1S/2Ge.O.Si. The van der Waals surface area contributed by atoms with Crippen molar-refractivity contribution in [3.05, 3.63) is 0 Å². The summed E-state index contributed by atoms with van der Waals surface area (Å²) in [5.74, 6) is 0. The molecule has 0 aromatic rings. The van der Waals surface area contributed by atoms with Crippen molar-refractivity contribution >= 4 is 46.2 Å². The zero-order valence-corrected chi connectivity index (χ0v) is 7.10. The maximum atomic E-state index is 0. The summed E-state index contributed by atoms with van der Waals surface area (Å²) in [4.78, 5) is 0. The fourth-order valence-electron chi connectivity index (χ4n) is 0. The molecule has 0 amide bonds. The Bertz CT molecular complexity index is 6.00. The molecule has 0 unspecified atom stereocenters. The molecule has 0 aliphatic rings. The summed E-state index contributed by atoms with van der Waals surface area (Å²) in [6, 6.07) is 0. The fraction of sp³-hybridized carbons (Fsp3) is 0. The topological polar surface area (TPSA) is 28.5 Å². The first-order valence-electron chi connectivity index (χ1n) is 0. The quantitative estimate of drug-likeness (QED) is 0.426. The van der Waals surface area contributed by atoms with Gasteiger partial charge >= 0.3 is 0 Å². The van der Waals surface area contributed by atoms with E-state index in [9.17, 15) is 0 Å². The largest absolute Gasteiger partial charge is 0 e. The molecule has 0 aromatic carbocycles. The predicted molar refractivity (Wildman–Crippen MR) is 17.9 cm³/mol. The molecule has 18 valence electrons. The van der Waals surface area contributed by atoms with Crippen molar-refractivity contribution < 1.29 is 5.48 Å². The molecule has 0 rings (SSSR count). The van der Waals surface area contributed by atoms with E-state index in [1.807, 2.05) is 0 Å². The Hall–Kier alpha value is 1.26. The molecule has 14 radical (unpaired) electrons. The molecule has 0 heterocycles. The van der Waals surface area contributed by atoms with E-state index in [1.54, 1.807) is 0 Å². The van der Waals surface area contributed by atoms with Crippen LogP contribution in [0.1, 0.15) is 0 Å². The zero-order valence-electron chi connectivity index (χ0n) is 1.91. The molecule has 0 spiro atoms. The SMILES string of the molecule is [Ge].[Ge].[O].[Si]. The van der Waals surface area contributed by atoms with Crippen LogP contribution in [0.4, 0.5) is 0 Å². The minimum absolute atomic E-state index is 0. The van der Waals surface area contributed by atoms with Gasteiger partial charge in [-0.3, -0.25) is 0 Å². The first-order valence-corrected chi connectivity index (χ1v) is 0. The molecule has 0 aliphatic heterocycles. The van der Waals surface area contributed by atoms with Crippen molar-refractivity contribution in [1.82, 2.24) is 0 Å². The van der Waals surface area contributed by atoms with E-state index < -0.39 is 0 Å². The fourth-order valence-corrected chi connectivity index (χ4v) is 0. The van der Waals surface area contributed by atoms with Gasteiger partial charge < -0.3 is 0 Å². The Morgan fingerprint density at radius 1 is 0.750 bits per heavy atom. The van der Waals surface area contributed by atoms with Crippen LogP contribution in [0.5, 0.6) is 0 Å². The van der Waals surface area contributed by atoms with Gasteiger partial charge in [0.1, 0.15) is 0 Å². The molecule has 4 heavy (non-hydrogen) atoms. The monoisotopic (exact) mass is 192 g/mol. The third-order valence-electron chi connectivity index (χ3n) is 0. The van der Waals surface area contributed by atoms with Gasteiger partial charge in [-0.1, -0.05) is 0 Å². The van der Waals surface area contributed by atoms with E-state index >= 15 is 0 Å². The van der Waals surface area contributed by atoms with Gasteiger partial charge in [0.25, 0.3) is 0 Å². The van der Waals surface area contributed by atoms with Crippen molar-refractivity contribution in [2.45, 2.75) is 0 Å². The molecule has 0 aromatic heterocycles. The van der Waals surface area contributed by atoms with Gasteiger partial charge in [-0.2, -0.15) is 0 Å². The first kappa shape index (κ1) is 60.0. The maximum Gasteiger partial charge on any atom is 0 e. The van der Waals surface area contributed by atoms with Crippen LogP contribution in [-0.2, 0) is 5.48 Å². The third-order valence-corrected chi connectivity index (χ3v) is 0. The van der Waals surface area contributed by atoms with Crippen molar-refractivity contribution in [1.29, 1.82) is 0 Å². The Labute approximate surface area is 51.8 Å². The Kier molecular flexibility index (Phi) is 427. The predicted octanol–water partition coefficient (Wildman–Crippen LogP) is -1.26. The van der Waals surface area contributed by atoms with Gasteiger partial charge in [0.2, 0.25) is 0 Å². The van der Waals surface area contributed by atoms with Crippen LogP contribution in [0.2, 0.25) is 0 Å². The van der Waals surface area contributed by atoms with Crippen LogP contribution in [0.3, 0.4) is 0 Å². The second kappa shape index (κ2) is 28.5. The van der Waals surface area contributed by atoms with Crippen molar-refractivity contribution in [3.63, 3.8) is 0 Å². The Morgan fingerprint density at radius 3 is 0.750 bits per heavy atom. The molecule has 0 atom stereocenters. The molecule has 0 N–H and O–H groups in total. The average Bonchev–Trinajstić information content (AvgIpc) is 0. The second-order valence-electron chi connectivity index (χ2n) is 0. The summed E-state index contributed by atoms with van der Waals surface area (Å²) in [5, 5.41) is 0. The second-order valence-corrected chi connectivity index (χ2v) is 0. The maximum absolute atomic E-state index is 0. The van der Waals surface area contributed by atoms with Gasteiger partial charge in [0.05, 0.1) is 0 Å². The molecule has 0 saturated carbocycles. The van der Waals surface area contributed by atoms with Crippen LogP contribution in [0.25, 0.3) is 0 Å². The van der Waals surface area contributed by atoms with Crippen LogP contribution >= 0.6 is 0 Å². The summed E-state index contributed by atoms with van der Waals surface area (Å²) < 4.78 is 0. The molecule has 4 heteroatoms. The van der Waals surface area contributed by atoms with Crippen LogP contribution < -0.4 is 0 Å². The normalized spacial score (nSPS) is 0. The summed E-state index contributed by atoms with van der Waals surface area (Å²) >= 11 is 0. The average molecular weight is 189 g/mol. The van der Waals surface area contributed by atoms with E-state index in [0.29, 0.717) is 0 Å². The van der Waals surface area contributed by atoms with Gasteiger partial charge in [-0.05, 0) is 0 Å². The van der Waals surface area contributed by atoms with Gasteiger partial charge in [-0.15, -0.1) is 0 Å². The summed E-state index contributed by atoms with van der Waals surface area (Å²) in [7, 11) is 0. The van der Waals surface area contributed by atoms with Crippen molar-refractivity contribution in [3.8, 4) is 0 Å². The smallest absolute Gasteiger partial charge is 0 e. The minimum atomic E-state index is 0. The molecular weight excluding hydrogens is 189 g/mol. The Balaban J connectivity index is 0. The van der Waals surface area contributed by atoms with Crippen molar-refractivity contribution in [2.24, 2.45) is 0 Å². The van der Waals surface area contributed by atoms with E-state index in [-0.39, 0.29) is 51.6 Å². The van der Waals surface area contributed by atoms with E-state index in [2.05, 4.69) is 0 Å². The summed E-state index contributed by atoms with van der Waals surface area (Å²) in [6.45, 7) is 0. The van der Waals surface area contributed by atoms with E-state index in [0.717, 1.165) is 0 Å². The van der Waals surface area contributed by atoms with E-state index in [1.165, 1.54) is 0 Å². The van der Waals surface area contributed by atoms with Gasteiger partial charge in [0, 0.05) is 51.6 Å². The minimum Gasteiger partial charge on any atom is 0 e. The summed E-state index contributed by atoms with van der Waals surface area (Å²) in [6.07, 6.45) is 0. The third kappa shape index (κ3) is 10.5. The summed E-state index contributed by atoms with van der Waals surface area (Å²) in [5.41, 5.74) is 0. The van der Waals surface area contributed by atoms with Crippen LogP contribution in [-0.4, -0.2) is 46.2 Å². The van der Waals surface area contributed by atoms with Gasteiger partial charge in [-0.25, -0.2) is 0 Å². The van der Waals surface area contributed by atoms with Crippen molar-refractivity contribution in [2.75, 3.05) is 0 Å². The molecule has 0 bridgehead atoms. The Morgan fingerprint density at radius 2 is 0.750 bits per heavy atom. The molecule has 0 aliphatic carbocycles.